The maximum Gasteiger partial charge on any atom is 0.192 e. The molecule has 1 aliphatic carbocycles. The number of rotatable bonds is 7. The molecular weight excluding hydrogens is 435 g/mol. The number of hydrogen-bond acceptors (Lipinski definition) is 2. The van der Waals surface area contributed by atoms with Crippen LogP contribution in [0.5, 0.6) is 0 Å². The molecule has 0 aromatic carbocycles. The van der Waals surface area contributed by atoms with E-state index >= 15 is 0 Å². The quantitative estimate of drug-likeness (QED) is 0.310. The Morgan fingerprint density at radius 1 is 1.10 bits per heavy atom. The highest BCUT2D eigenvalue weighted by Gasteiger charge is 2.50. The fraction of sp³-hybridized carbons (Fsp3) is 0.920. The van der Waals surface area contributed by atoms with Crippen LogP contribution in [-0.4, -0.2) is 37.0 Å². The summed E-state index contributed by atoms with van der Waals surface area (Å²) >= 11 is 0. The summed E-state index contributed by atoms with van der Waals surface area (Å²) in [5.74, 6) is 4.00. The standard InChI is InChI=1S/C25H51NO2SSi2/c1-13-14-16-21-22(28-31(11,12)24(5,6)7)17-15-18-25(21,19-20-30(8,9)10)26-29(27)23(2,3)4/h21-22,26H,13-18H2,1-12H3/t21-,22+,25+,29+/m0/s1. The smallest absolute Gasteiger partial charge is 0.192 e. The van der Waals surface area contributed by atoms with E-state index in [1.807, 2.05) is 20.8 Å². The van der Waals surface area contributed by atoms with Crippen molar-refractivity contribution < 1.29 is 8.63 Å². The fourth-order valence-electron chi connectivity index (χ4n) is 3.76. The lowest BCUT2D eigenvalue weighted by molar-refractivity contribution is 0.0350. The van der Waals surface area contributed by atoms with Crippen LogP contribution < -0.4 is 4.72 Å². The Bertz CT molecular complexity index is 677. The molecule has 4 atom stereocenters. The Hall–Kier alpha value is 0.0638. The minimum Gasteiger partial charge on any atom is -0.414 e. The van der Waals surface area contributed by atoms with Crippen LogP contribution in [0.3, 0.4) is 0 Å². The van der Waals surface area contributed by atoms with Gasteiger partial charge in [0.05, 0.1) is 27.4 Å². The first-order valence-electron chi connectivity index (χ1n) is 12.3. The molecule has 0 amide bonds. The first-order chi connectivity index (χ1) is 13.8. The highest BCUT2D eigenvalue weighted by molar-refractivity contribution is 7.84. The van der Waals surface area contributed by atoms with Crippen molar-refractivity contribution in [3.8, 4) is 11.5 Å². The van der Waals surface area contributed by atoms with Crippen molar-refractivity contribution in [3.63, 3.8) is 0 Å². The second-order valence-electron chi connectivity index (χ2n) is 13.0. The third-order valence-electron chi connectivity index (χ3n) is 6.75. The lowest BCUT2D eigenvalue weighted by Gasteiger charge is -2.50. The van der Waals surface area contributed by atoms with Gasteiger partial charge in [-0.1, -0.05) is 66.1 Å². The van der Waals surface area contributed by atoms with E-state index in [1.165, 1.54) is 0 Å². The van der Waals surface area contributed by atoms with Crippen molar-refractivity contribution in [2.45, 2.75) is 141 Å². The molecule has 182 valence electrons. The summed E-state index contributed by atoms with van der Waals surface area (Å²) in [6.07, 6.45) is 6.67. The number of unbranched alkanes of at least 4 members (excludes halogenated alkanes) is 1. The Morgan fingerprint density at radius 2 is 1.68 bits per heavy atom. The highest BCUT2D eigenvalue weighted by Crippen LogP contribution is 2.44. The lowest BCUT2D eigenvalue weighted by atomic mass is 9.70. The third-order valence-corrected chi connectivity index (χ3v) is 13.8. The zero-order chi connectivity index (χ0) is 24.3. The molecule has 31 heavy (non-hydrogen) atoms. The van der Waals surface area contributed by atoms with Crippen LogP contribution in [0.1, 0.15) is 87.0 Å². The van der Waals surface area contributed by atoms with Crippen molar-refractivity contribution >= 4 is 27.4 Å². The summed E-state index contributed by atoms with van der Waals surface area (Å²) in [4.78, 5) is 0. The number of nitrogens with one attached hydrogen (secondary N) is 1. The Labute approximate surface area is 199 Å². The van der Waals surface area contributed by atoms with Crippen molar-refractivity contribution in [1.29, 1.82) is 0 Å². The molecule has 0 saturated heterocycles. The predicted molar refractivity (Wildman–Crippen MR) is 144 cm³/mol. The summed E-state index contributed by atoms with van der Waals surface area (Å²) in [5.41, 5.74) is 3.23. The topological polar surface area (TPSA) is 38.3 Å². The molecular formula is C25H51NO2SSi2. The van der Waals surface area contributed by atoms with E-state index in [0.29, 0.717) is 0 Å². The Morgan fingerprint density at radius 3 is 2.13 bits per heavy atom. The maximum atomic E-state index is 13.3. The Kier molecular flexibility index (Phi) is 9.90. The zero-order valence-electron chi connectivity index (χ0n) is 22.6. The van der Waals surface area contributed by atoms with Gasteiger partial charge in [0.15, 0.2) is 8.32 Å². The van der Waals surface area contributed by atoms with Crippen molar-refractivity contribution in [3.05, 3.63) is 0 Å². The van der Waals surface area contributed by atoms with Crippen LogP contribution in [0.4, 0.5) is 0 Å². The Balaban J connectivity index is 3.50. The van der Waals surface area contributed by atoms with Gasteiger partial charge in [-0.3, -0.25) is 0 Å². The van der Waals surface area contributed by atoms with Crippen LogP contribution in [0.2, 0.25) is 37.8 Å². The molecule has 1 N–H and O–H groups in total. The van der Waals surface area contributed by atoms with Crippen LogP contribution in [-0.2, 0) is 15.4 Å². The van der Waals surface area contributed by atoms with Gasteiger partial charge in [-0.2, -0.15) is 0 Å². The van der Waals surface area contributed by atoms with E-state index in [2.05, 4.69) is 76.6 Å². The summed E-state index contributed by atoms with van der Waals surface area (Å²) < 4.78 is 23.7. The summed E-state index contributed by atoms with van der Waals surface area (Å²) in [7, 11) is -4.66. The molecule has 0 heterocycles. The lowest BCUT2D eigenvalue weighted by Crippen LogP contribution is -2.61. The monoisotopic (exact) mass is 485 g/mol. The summed E-state index contributed by atoms with van der Waals surface area (Å²) in [6, 6.07) is 0. The summed E-state index contributed by atoms with van der Waals surface area (Å²) in [6.45, 7) is 26.9. The molecule has 0 aromatic rings. The van der Waals surface area contributed by atoms with E-state index in [1.54, 1.807) is 0 Å². The van der Waals surface area contributed by atoms with Gasteiger partial charge in [0, 0.05) is 5.92 Å². The van der Waals surface area contributed by atoms with Gasteiger partial charge < -0.3 is 4.43 Å². The first kappa shape index (κ1) is 29.1. The molecule has 0 aromatic heterocycles. The van der Waals surface area contributed by atoms with E-state index in [9.17, 15) is 4.21 Å². The van der Waals surface area contributed by atoms with Gasteiger partial charge in [-0.05, 0) is 64.6 Å². The SMILES string of the molecule is CCCC[C@H]1[C@H](O[Si](C)(C)C(C)(C)C)CCC[C@]1(C#C[Si](C)(C)C)N[S@](=O)C(C)(C)C. The van der Waals surface area contributed by atoms with Gasteiger partial charge in [0.1, 0.15) is 8.07 Å². The average molecular weight is 486 g/mol. The maximum absolute atomic E-state index is 13.3. The molecule has 0 aliphatic heterocycles. The second-order valence-corrected chi connectivity index (χ2v) is 24.5. The zero-order valence-corrected chi connectivity index (χ0v) is 25.4. The van der Waals surface area contributed by atoms with Gasteiger partial charge >= 0.3 is 0 Å². The van der Waals surface area contributed by atoms with E-state index in [-0.39, 0.29) is 21.8 Å². The molecule has 1 fully saturated rings. The first-order valence-corrected chi connectivity index (χ1v) is 19.8. The van der Waals surface area contributed by atoms with E-state index < -0.39 is 32.9 Å². The average Bonchev–Trinajstić information content (AvgIpc) is 2.57. The van der Waals surface area contributed by atoms with E-state index in [4.69, 9.17) is 4.43 Å². The van der Waals surface area contributed by atoms with Crippen LogP contribution in [0.25, 0.3) is 0 Å². The van der Waals surface area contributed by atoms with Crippen molar-refractivity contribution in [2.24, 2.45) is 5.92 Å². The van der Waals surface area contributed by atoms with Crippen LogP contribution in [0, 0.1) is 17.4 Å². The molecule has 0 bridgehead atoms. The van der Waals surface area contributed by atoms with Crippen molar-refractivity contribution in [2.75, 3.05) is 0 Å². The summed E-state index contributed by atoms with van der Waals surface area (Å²) in [5, 5.41) is 0.175. The molecule has 0 unspecified atom stereocenters. The van der Waals surface area contributed by atoms with Gasteiger partial charge in [0.25, 0.3) is 0 Å². The molecule has 1 rings (SSSR count). The minimum absolute atomic E-state index is 0.175. The third kappa shape index (κ3) is 8.41. The van der Waals surface area contributed by atoms with Crippen LogP contribution >= 0.6 is 0 Å². The molecule has 0 spiro atoms. The molecule has 1 saturated carbocycles. The highest BCUT2D eigenvalue weighted by atomic mass is 32.2. The normalized spacial score (nSPS) is 26.8. The van der Waals surface area contributed by atoms with Crippen molar-refractivity contribution in [1.82, 2.24) is 4.72 Å². The second kappa shape index (κ2) is 10.5. The minimum atomic E-state index is -1.92. The van der Waals surface area contributed by atoms with Gasteiger partial charge in [-0.15, -0.1) is 5.54 Å². The van der Waals surface area contributed by atoms with Gasteiger partial charge in [0.2, 0.25) is 0 Å². The number of hydrogen-bond donors (Lipinski definition) is 1. The molecule has 3 nitrogen and oxygen atoms in total. The molecule has 6 heteroatoms. The largest absolute Gasteiger partial charge is 0.414 e. The van der Waals surface area contributed by atoms with E-state index in [0.717, 1.165) is 38.5 Å². The van der Waals surface area contributed by atoms with Gasteiger partial charge in [-0.25, -0.2) is 8.93 Å². The molecule has 0 radical (unpaired) electrons. The fourth-order valence-corrected chi connectivity index (χ4v) is 6.70. The predicted octanol–water partition coefficient (Wildman–Crippen LogP) is 7.04. The molecule has 1 aliphatic rings. The van der Waals surface area contributed by atoms with Crippen LogP contribution in [0.15, 0.2) is 0 Å².